The van der Waals surface area contributed by atoms with Crippen molar-refractivity contribution in [2.45, 2.75) is 19.4 Å². The molecule has 0 atom stereocenters. The molecule has 1 aromatic carbocycles. The number of benzene rings is 1. The normalized spacial score (nSPS) is 17.8. The Balaban J connectivity index is 1.27. The first-order chi connectivity index (χ1) is 13.8. The highest BCUT2D eigenvalue weighted by Gasteiger charge is 2.23. The molecule has 28 heavy (non-hydrogen) atoms. The van der Waals surface area contributed by atoms with Crippen molar-refractivity contribution in [3.63, 3.8) is 0 Å². The summed E-state index contributed by atoms with van der Waals surface area (Å²) in [6.45, 7) is 5.59. The lowest BCUT2D eigenvalue weighted by Crippen LogP contribution is -2.46. The molecule has 2 aromatic heterocycles. The van der Waals surface area contributed by atoms with Gasteiger partial charge < -0.3 is 9.64 Å². The average molecular weight is 376 g/mol. The first kappa shape index (κ1) is 17.3. The highest BCUT2D eigenvalue weighted by molar-refractivity contribution is 5.86. The van der Waals surface area contributed by atoms with E-state index in [1.807, 2.05) is 12.1 Å². The Morgan fingerprint density at radius 2 is 1.93 bits per heavy atom. The lowest BCUT2D eigenvalue weighted by Gasteiger charge is -2.36. The number of piperazine rings is 1. The molecule has 0 spiro atoms. The molecule has 1 saturated heterocycles. The zero-order chi connectivity index (χ0) is 18.8. The van der Waals surface area contributed by atoms with Crippen LogP contribution in [0.5, 0.6) is 5.88 Å². The lowest BCUT2D eigenvalue weighted by atomic mass is 10.2. The number of rotatable bonds is 6. The van der Waals surface area contributed by atoms with Crippen LogP contribution in [-0.4, -0.2) is 57.9 Å². The summed E-state index contributed by atoms with van der Waals surface area (Å²) >= 11 is 0. The maximum absolute atomic E-state index is 5.98. The number of aromatic nitrogens is 4. The predicted octanol–water partition coefficient (Wildman–Crippen LogP) is 2.53. The largest absolute Gasteiger partial charge is 0.477 e. The number of hydrogen-bond acceptors (Lipinski definition) is 7. The van der Waals surface area contributed by atoms with E-state index in [0.29, 0.717) is 11.8 Å². The van der Waals surface area contributed by atoms with Gasteiger partial charge in [-0.25, -0.2) is 9.97 Å². The van der Waals surface area contributed by atoms with E-state index in [-0.39, 0.29) is 0 Å². The highest BCUT2D eigenvalue weighted by atomic mass is 16.5. The Bertz CT molecular complexity index is 938. The second kappa shape index (κ2) is 7.67. The summed E-state index contributed by atoms with van der Waals surface area (Å²) in [6, 6.07) is 10.4. The summed E-state index contributed by atoms with van der Waals surface area (Å²) in [5.74, 6) is 1.41. The van der Waals surface area contributed by atoms with Crippen molar-refractivity contribution < 1.29 is 4.74 Å². The van der Waals surface area contributed by atoms with E-state index < -0.39 is 0 Å². The Hall–Kier alpha value is -2.80. The van der Waals surface area contributed by atoms with Crippen LogP contribution in [0, 0.1) is 5.92 Å². The molecular weight excluding hydrogens is 352 g/mol. The molecular formula is C21H24N6O. The van der Waals surface area contributed by atoms with Crippen molar-refractivity contribution in [1.29, 1.82) is 0 Å². The van der Waals surface area contributed by atoms with Gasteiger partial charge in [-0.15, -0.1) is 0 Å². The van der Waals surface area contributed by atoms with Crippen molar-refractivity contribution in [2.75, 3.05) is 37.7 Å². The molecule has 7 heteroatoms. The zero-order valence-electron chi connectivity index (χ0n) is 15.9. The van der Waals surface area contributed by atoms with Crippen molar-refractivity contribution >= 4 is 16.6 Å². The third-order valence-corrected chi connectivity index (χ3v) is 5.49. The number of hydrogen-bond donors (Lipinski definition) is 0. The van der Waals surface area contributed by atoms with Crippen LogP contribution in [0.15, 0.2) is 42.9 Å². The van der Waals surface area contributed by atoms with Gasteiger partial charge >= 0.3 is 0 Å². The maximum Gasteiger partial charge on any atom is 0.224 e. The minimum atomic E-state index is 0.704. The molecule has 0 amide bonds. The van der Waals surface area contributed by atoms with Crippen molar-refractivity contribution in [1.82, 2.24) is 25.1 Å². The Morgan fingerprint density at radius 1 is 1.04 bits per heavy atom. The standard InChI is InChI=1S/C21H24N6O/c1-2-17(25-24-7-1)13-26-8-10-27(11-9-26)18-5-6-20-19(12-18)21(23-15-22-20)28-14-16-3-4-16/h1-2,5-7,12,15-16H,3-4,8-11,13-14H2. The van der Waals surface area contributed by atoms with Gasteiger partial charge in [-0.1, -0.05) is 0 Å². The Kier molecular flexibility index (Phi) is 4.74. The van der Waals surface area contributed by atoms with E-state index in [2.05, 4.69) is 48.2 Å². The fraction of sp³-hybridized carbons (Fsp3) is 0.429. The second-order valence-corrected chi connectivity index (χ2v) is 7.61. The van der Waals surface area contributed by atoms with Gasteiger partial charge in [-0.3, -0.25) is 4.90 Å². The summed E-state index contributed by atoms with van der Waals surface area (Å²) in [4.78, 5) is 13.6. The summed E-state index contributed by atoms with van der Waals surface area (Å²) in [6.07, 6.45) is 5.85. The molecule has 0 unspecified atom stereocenters. The molecule has 7 nitrogen and oxygen atoms in total. The highest BCUT2D eigenvalue weighted by Crippen LogP contribution is 2.32. The zero-order valence-corrected chi connectivity index (χ0v) is 15.9. The first-order valence-corrected chi connectivity index (χ1v) is 9.96. The van der Waals surface area contributed by atoms with Crippen LogP contribution >= 0.6 is 0 Å². The number of anilines is 1. The molecule has 144 valence electrons. The smallest absolute Gasteiger partial charge is 0.224 e. The van der Waals surface area contributed by atoms with Crippen molar-refractivity contribution in [3.8, 4) is 5.88 Å². The van der Waals surface area contributed by atoms with Crippen LogP contribution in [0.4, 0.5) is 5.69 Å². The molecule has 2 aliphatic rings. The third kappa shape index (κ3) is 3.89. The van der Waals surface area contributed by atoms with E-state index in [1.54, 1.807) is 12.5 Å². The summed E-state index contributed by atoms with van der Waals surface area (Å²) in [5, 5.41) is 9.17. The van der Waals surface area contributed by atoms with Gasteiger partial charge in [-0.2, -0.15) is 10.2 Å². The van der Waals surface area contributed by atoms with Crippen molar-refractivity contribution in [3.05, 3.63) is 48.5 Å². The molecule has 0 radical (unpaired) electrons. The van der Waals surface area contributed by atoms with Crippen LogP contribution in [-0.2, 0) is 6.54 Å². The quantitative estimate of drug-likeness (QED) is 0.655. The predicted molar refractivity (Wildman–Crippen MR) is 107 cm³/mol. The van der Waals surface area contributed by atoms with Gasteiger partial charge in [0.1, 0.15) is 6.33 Å². The molecule has 3 heterocycles. The molecule has 3 aromatic rings. The molecule has 0 bridgehead atoms. The maximum atomic E-state index is 5.98. The molecule has 2 fully saturated rings. The molecule has 1 saturated carbocycles. The number of ether oxygens (including phenoxy) is 1. The van der Waals surface area contributed by atoms with Gasteiger partial charge in [0.15, 0.2) is 0 Å². The summed E-state index contributed by atoms with van der Waals surface area (Å²) in [5.41, 5.74) is 3.17. The summed E-state index contributed by atoms with van der Waals surface area (Å²) < 4.78 is 5.98. The Morgan fingerprint density at radius 3 is 2.71 bits per heavy atom. The lowest BCUT2D eigenvalue weighted by molar-refractivity contribution is 0.246. The third-order valence-electron chi connectivity index (χ3n) is 5.49. The average Bonchev–Trinajstić information content (AvgIpc) is 3.58. The number of nitrogens with zero attached hydrogens (tertiary/aromatic N) is 6. The van der Waals surface area contributed by atoms with E-state index in [0.717, 1.165) is 55.9 Å². The number of fused-ring (bicyclic) bond motifs is 1. The van der Waals surface area contributed by atoms with E-state index in [9.17, 15) is 0 Å². The minimum absolute atomic E-state index is 0.704. The minimum Gasteiger partial charge on any atom is -0.477 e. The van der Waals surface area contributed by atoms with Crippen LogP contribution in [0.2, 0.25) is 0 Å². The van der Waals surface area contributed by atoms with E-state index in [1.165, 1.54) is 18.5 Å². The van der Waals surface area contributed by atoms with E-state index in [4.69, 9.17) is 4.74 Å². The molecule has 1 aliphatic carbocycles. The van der Waals surface area contributed by atoms with Crippen LogP contribution in [0.3, 0.4) is 0 Å². The Labute approximate surface area is 164 Å². The molecule has 5 rings (SSSR count). The second-order valence-electron chi connectivity index (χ2n) is 7.61. The molecule has 1 aliphatic heterocycles. The van der Waals surface area contributed by atoms with Gasteiger partial charge in [0.25, 0.3) is 0 Å². The van der Waals surface area contributed by atoms with Gasteiger partial charge in [0.05, 0.1) is 23.2 Å². The van der Waals surface area contributed by atoms with Crippen LogP contribution in [0.1, 0.15) is 18.5 Å². The van der Waals surface area contributed by atoms with Gasteiger partial charge in [0, 0.05) is 44.6 Å². The van der Waals surface area contributed by atoms with Crippen LogP contribution in [0.25, 0.3) is 10.9 Å². The SMILES string of the molecule is c1cnnc(CN2CCN(c3ccc4ncnc(OCC5CC5)c4c3)CC2)c1. The first-order valence-electron chi connectivity index (χ1n) is 9.96. The van der Waals surface area contributed by atoms with Crippen LogP contribution < -0.4 is 9.64 Å². The van der Waals surface area contributed by atoms with E-state index >= 15 is 0 Å². The molecule has 0 N–H and O–H groups in total. The fourth-order valence-corrected chi connectivity index (χ4v) is 3.63. The summed E-state index contributed by atoms with van der Waals surface area (Å²) in [7, 11) is 0. The topological polar surface area (TPSA) is 67.3 Å². The van der Waals surface area contributed by atoms with Crippen molar-refractivity contribution in [2.24, 2.45) is 5.92 Å². The monoisotopic (exact) mass is 376 g/mol. The fourth-order valence-electron chi connectivity index (χ4n) is 3.63. The van der Waals surface area contributed by atoms with Gasteiger partial charge in [-0.05, 0) is 49.1 Å². The van der Waals surface area contributed by atoms with Gasteiger partial charge in [0.2, 0.25) is 5.88 Å².